The molecule has 0 heterocycles. The van der Waals surface area contributed by atoms with Crippen LogP contribution in [-0.4, -0.2) is 19.6 Å². The molecule has 0 aliphatic heterocycles. The highest BCUT2D eigenvalue weighted by molar-refractivity contribution is 5.76. The molecule has 0 fully saturated rings. The van der Waals surface area contributed by atoms with Crippen LogP contribution in [0.4, 0.5) is 0 Å². The summed E-state index contributed by atoms with van der Waals surface area (Å²) in [4.78, 5) is 21.5. The molecule has 4 nitrogen and oxygen atoms in total. The molecule has 0 unspecified atom stereocenters. The topological polar surface area (TPSA) is 55.7 Å². The summed E-state index contributed by atoms with van der Waals surface area (Å²) in [6.45, 7) is 4.21. The molecule has 14 heavy (non-hydrogen) atoms. The third-order valence-corrected chi connectivity index (χ3v) is 2.88. The monoisotopic (exact) mass is 201 g/mol. The molecule has 0 bridgehead atoms. The SMILES string of the molecule is CCC(CC)(CCCN=O)C(=O)OC. The zero-order valence-corrected chi connectivity index (χ0v) is 9.21. The first-order valence-corrected chi connectivity index (χ1v) is 5.04. The maximum Gasteiger partial charge on any atom is 0.311 e. The van der Waals surface area contributed by atoms with E-state index in [1.54, 1.807) is 0 Å². The number of hydrogen-bond acceptors (Lipinski definition) is 4. The van der Waals surface area contributed by atoms with Crippen LogP contribution in [0.25, 0.3) is 0 Å². The lowest BCUT2D eigenvalue weighted by molar-refractivity contribution is -0.153. The Morgan fingerprint density at radius 2 is 1.93 bits per heavy atom. The molecule has 0 aromatic rings. The quantitative estimate of drug-likeness (QED) is 0.361. The average molecular weight is 201 g/mol. The fourth-order valence-corrected chi connectivity index (χ4v) is 1.69. The van der Waals surface area contributed by atoms with E-state index in [4.69, 9.17) is 4.74 Å². The van der Waals surface area contributed by atoms with Crippen molar-refractivity contribution in [3.63, 3.8) is 0 Å². The molecule has 82 valence electrons. The molecule has 0 radical (unpaired) electrons. The normalized spacial score (nSPS) is 11.1. The Balaban J connectivity index is 4.36. The van der Waals surface area contributed by atoms with Gasteiger partial charge in [0, 0.05) is 0 Å². The summed E-state index contributed by atoms with van der Waals surface area (Å²) in [6, 6.07) is 0. The van der Waals surface area contributed by atoms with Crippen LogP contribution in [0.3, 0.4) is 0 Å². The summed E-state index contributed by atoms with van der Waals surface area (Å²) in [5.74, 6) is -0.173. The summed E-state index contributed by atoms with van der Waals surface area (Å²) in [7, 11) is 1.40. The van der Waals surface area contributed by atoms with E-state index < -0.39 is 5.41 Å². The maximum atomic E-state index is 11.6. The van der Waals surface area contributed by atoms with Gasteiger partial charge in [0.1, 0.15) is 0 Å². The fourth-order valence-electron chi connectivity index (χ4n) is 1.69. The Kier molecular flexibility index (Phi) is 6.08. The van der Waals surface area contributed by atoms with Crippen LogP contribution >= 0.6 is 0 Å². The second kappa shape index (κ2) is 6.51. The van der Waals surface area contributed by atoms with Crippen molar-refractivity contribution >= 4 is 5.97 Å². The molecule has 0 N–H and O–H groups in total. The summed E-state index contributed by atoms with van der Waals surface area (Å²) in [6.07, 6.45) is 2.82. The number of hydrogen-bond donors (Lipinski definition) is 0. The van der Waals surface area contributed by atoms with Crippen molar-refractivity contribution < 1.29 is 9.53 Å². The van der Waals surface area contributed by atoms with Crippen molar-refractivity contribution in [2.24, 2.45) is 10.6 Å². The molecule has 0 spiro atoms. The first kappa shape index (κ1) is 13.1. The molecule has 0 amide bonds. The van der Waals surface area contributed by atoms with Gasteiger partial charge in [0.15, 0.2) is 0 Å². The summed E-state index contributed by atoms with van der Waals surface area (Å²) in [5, 5.41) is 2.79. The van der Waals surface area contributed by atoms with E-state index in [2.05, 4.69) is 5.18 Å². The van der Waals surface area contributed by atoms with E-state index >= 15 is 0 Å². The number of carbonyl (C=O) groups is 1. The predicted molar refractivity (Wildman–Crippen MR) is 54.9 cm³/mol. The Labute approximate surface area is 85.0 Å². The number of nitrogens with zero attached hydrogens (tertiary/aromatic N) is 1. The number of ether oxygens (including phenoxy) is 1. The Morgan fingerprint density at radius 1 is 1.36 bits per heavy atom. The molecule has 4 heteroatoms. The minimum Gasteiger partial charge on any atom is -0.469 e. The first-order chi connectivity index (χ1) is 6.66. The zero-order chi connectivity index (χ0) is 11.0. The van der Waals surface area contributed by atoms with E-state index in [9.17, 15) is 9.70 Å². The highest BCUT2D eigenvalue weighted by atomic mass is 16.5. The number of rotatable bonds is 7. The van der Waals surface area contributed by atoms with E-state index in [1.807, 2.05) is 13.8 Å². The van der Waals surface area contributed by atoms with Gasteiger partial charge in [0.2, 0.25) is 0 Å². The summed E-state index contributed by atoms with van der Waals surface area (Å²) in [5.41, 5.74) is -0.417. The minimum atomic E-state index is -0.417. The van der Waals surface area contributed by atoms with Crippen molar-refractivity contribution in [3.8, 4) is 0 Å². The molecule has 0 rings (SSSR count). The smallest absolute Gasteiger partial charge is 0.311 e. The van der Waals surface area contributed by atoms with Crippen molar-refractivity contribution in [2.45, 2.75) is 39.5 Å². The molecule has 0 saturated heterocycles. The van der Waals surface area contributed by atoms with E-state index in [1.165, 1.54) is 7.11 Å². The molecule has 0 aromatic carbocycles. The van der Waals surface area contributed by atoms with Crippen molar-refractivity contribution in [3.05, 3.63) is 4.91 Å². The lowest BCUT2D eigenvalue weighted by Crippen LogP contribution is -2.31. The van der Waals surface area contributed by atoms with Crippen LogP contribution in [0.1, 0.15) is 39.5 Å². The Morgan fingerprint density at radius 3 is 2.29 bits per heavy atom. The van der Waals surface area contributed by atoms with Crippen LogP contribution in [0.5, 0.6) is 0 Å². The lowest BCUT2D eigenvalue weighted by Gasteiger charge is -2.27. The Bertz CT molecular complexity index is 188. The Hall–Kier alpha value is -0.930. The van der Waals surface area contributed by atoms with Gasteiger partial charge in [-0.2, -0.15) is 4.91 Å². The van der Waals surface area contributed by atoms with E-state index in [0.717, 1.165) is 12.8 Å². The van der Waals surface area contributed by atoms with Crippen LogP contribution in [0, 0.1) is 10.3 Å². The van der Waals surface area contributed by atoms with Gasteiger partial charge in [0.05, 0.1) is 19.1 Å². The van der Waals surface area contributed by atoms with Gasteiger partial charge < -0.3 is 4.74 Å². The van der Waals surface area contributed by atoms with Crippen molar-refractivity contribution in [1.82, 2.24) is 0 Å². The van der Waals surface area contributed by atoms with E-state index in [0.29, 0.717) is 12.8 Å². The molecule has 0 aliphatic carbocycles. The van der Waals surface area contributed by atoms with Gasteiger partial charge in [-0.25, -0.2) is 0 Å². The maximum absolute atomic E-state index is 11.6. The standard InChI is InChI=1S/C10H19NO3/c1-4-10(5-2,9(12)14-3)7-6-8-11-13/h4-8H2,1-3H3. The number of nitroso groups, excluding NO2 is 1. The highest BCUT2D eigenvalue weighted by Crippen LogP contribution is 2.33. The second-order valence-corrected chi connectivity index (χ2v) is 3.44. The number of esters is 1. The molecular weight excluding hydrogens is 182 g/mol. The zero-order valence-electron chi connectivity index (χ0n) is 9.21. The van der Waals surface area contributed by atoms with Gasteiger partial charge in [-0.1, -0.05) is 19.0 Å². The van der Waals surface area contributed by atoms with Gasteiger partial charge in [0.25, 0.3) is 0 Å². The molecular formula is C10H19NO3. The number of carbonyl (C=O) groups excluding carboxylic acids is 1. The summed E-state index contributed by atoms with van der Waals surface area (Å²) >= 11 is 0. The number of methoxy groups -OCH3 is 1. The molecule has 0 atom stereocenters. The van der Waals surface area contributed by atoms with Crippen LogP contribution in [0.15, 0.2) is 5.18 Å². The van der Waals surface area contributed by atoms with Crippen LogP contribution in [-0.2, 0) is 9.53 Å². The highest BCUT2D eigenvalue weighted by Gasteiger charge is 2.35. The van der Waals surface area contributed by atoms with Crippen molar-refractivity contribution in [1.29, 1.82) is 0 Å². The van der Waals surface area contributed by atoms with Gasteiger partial charge in [-0.05, 0) is 25.7 Å². The minimum absolute atomic E-state index is 0.173. The first-order valence-electron chi connectivity index (χ1n) is 5.04. The molecule has 0 aliphatic rings. The average Bonchev–Trinajstić information content (AvgIpc) is 2.24. The van der Waals surface area contributed by atoms with Crippen molar-refractivity contribution in [2.75, 3.05) is 13.7 Å². The molecule has 0 aromatic heterocycles. The second-order valence-electron chi connectivity index (χ2n) is 3.44. The van der Waals surface area contributed by atoms with Gasteiger partial charge in [-0.3, -0.25) is 4.79 Å². The molecule has 0 saturated carbocycles. The van der Waals surface area contributed by atoms with Crippen LogP contribution < -0.4 is 0 Å². The fraction of sp³-hybridized carbons (Fsp3) is 0.900. The third-order valence-electron chi connectivity index (χ3n) is 2.88. The van der Waals surface area contributed by atoms with E-state index in [-0.39, 0.29) is 12.5 Å². The lowest BCUT2D eigenvalue weighted by atomic mass is 9.78. The van der Waals surface area contributed by atoms with Gasteiger partial charge in [-0.15, -0.1) is 0 Å². The largest absolute Gasteiger partial charge is 0.469 e. The third kappa shape index (κ3) is 3.09. The van der Waals surface area contributed by atoms with Gasteiger partial charge >= 0.3 is 5.97 Å². The summed E-state index contributed by atoms with van der Waals surface area (Å²) < 4.78 is 4.78. The van der Waals surface area contributed by atoms with Crippen LogP contribution in [0.2, 0.25) is 0 Å². The predicted octanol–water partition coefficient (Wildman–Crippen LogP) is 2.51.